The standard InChI is InChI=1S/C15H23ClN4S/c1-21-12-2-7-18-15(17)20-10-8-19(9-11-20)14-5-3-13(16)4-6-14/h3-6H,2,7-12H2,1H3,(H2,17,18). The molecule has 0 atom stereocenters. The van der Waals surface area contributed by atoms with Crippen LogP contribution >= 0.6 is 23.4 Å². The number of hydrogen-bond donors (Lipinski definition) is 1. The Labute approximate surface area is 136 Å². The maximum atomic E-state index is 6.07. The number of anilines is 1. The van der Waals surface area contributed by atoms with Crippen molar-refractivity contribution in [1.29, 1.82) is 0 Å². The Kier molecular flexibility index (Phi) is 6.51. The zero-order valence-corrected chi connectivity index (χ0v) is 14.0. The molecule has 1 aromatic rings. The summed E-state index contributed by atoms with van der Waals surface area (Å²) >= 11 is 7.77. The molecule has 21 heavy (non-hydrogen) atoms. The number of aliphatic imine (C=N–C) groups is 1. The van der Waals surface area contributed by atoms with Gasteiger partial charge in [0.15, 0.2) is 5.96 Å². The number of rotatable bonds is 5. The summed E-state index contributed by atoms with van der Waals surface area (Å²) < 4.78 is 0. The summed E-state index contributed by atoms with van der Waals surface area (Å²) in [5.74, 6) is 1.83. The van der Waals surface area contributed by atoms with Crippen LogP contribution in [0.5, 0.6) is 0 Å². The fourth-order valence-corrected chi connectivity index (χ4v) is 2.89. The average molecular weight is 327 g/mol. The fraction of sp³-hybridized carbons (Fsp3) is 0.533. The summed E-state index contributed by atoms with van der Waals surface area (Å²) in [5.41, 5.74) is 7.28. The normalized spacial score (nSPS) is 16.4. The molecule has 1 aliphatic rings. The number of benzene rings is 1. The molecule has 1 heterocycles. The monoisotopic (exact) mass is 326 g/mol. The van der Waals surface area contributed by atoms with Gasteiger partial charge in [0.2, 0.25) is 0 Å². The number of hydrogen-bond acceptors (Lipinski definition) is 3. The van der Waals surface area contributed by atoms with Gasteiger partial charge in [0.1, 0.15) is 0 Å². The third-order valence-electron chi connectivity index (χ3n) is 3.58. The predicted octanol–water partition coefficient (Wildman–Crippen LogP) is 2.53. The summed E-state index contributed by atoms with van der Waals surface area (Å²) in [7, 11) is 0. The van der Waals surface area contributed by atoms with E-state index >= 15 is 0 Å². The van der Waals surface area contributed by atoms with Crippen LogP contribution in [0, 0.1) is 0 Å². The first kappa shape index (κ1) is 16.3. The highest BCUT2D eigenvalue weighted by Crippen LogP contribution is 2.19. The van der Waals surface area contributed by atoms with Gasteiger partial charge in [-0.3, -0.25) is 4.99 Å². The highest BCUT2D eigenvalue weighted by atomic mass is 35.5. The van der Waals surface area contributed by atoms with E-state index in [4.69, 9.17) is 17.3 Å². The first-order valence-corrected chi connectivity index (χ1v) is 9.02. The maximum absolute atomic E-state index is 6.07. The van der Waals surface area contributed by atoms with Gasteiger partial charge in [-0.2, -0.15) is 11.8 Å². The Morgan fingerprint density at radius 2 is 1.90 bits per heavy atom. The minimum atomic E-state index is 0.687. The van der Waals surface area contributed by atoms with Crippen molar-refractivity contribution in [3.05, 3.63) is 29.3 Å². The van der Waals surface area contributed by atoms with Crippen LogP contribution in [0.15, 0.2) is 29.3 Å². The third-order valence-corrected chi connectivity index (χ3v) is 4.52. The second-order valence-electron chi connectivity index (χ2n) is 5.04. The lowest BCUT2D eigenvalue weighted by molar-refractivity contribution is 0.381. The summed E-state index contributed by atoms with van der Waals surface area (Å²) in [6, 6.07) is 8.01. The molecular formula is C15H23ClN4S. The van der Waals surface area contributed by atoms with Gasteiger partial charge in [0.05, 0.1) is 0 Å². The van der Waals surface area contributed by atoms with Crippen molar-refractivity contribution in [3.63, 3.8) is 0 Å². The number of thioether (sulfide) groups is 1. The molecule has 1 aliphatic heterocycles. The van der Waals surface area contributed by atoms with Crippen molar-refractivity contribution in [3.8, 4) is 0 Å². The van der Waals surface area contributed by atoms with E-state index in [0.717, 1.165) is 49.9 Å². The van der Waals surface area contributed by atoms with Crippen molar-refractivity contribution in [1.82, 2.24) is 4.90 Å². The lowest BCUT2D eigenvalue weighted by Gasteiger charge is -2.36. The Bertz CT molecular complexity index is 455. The van der Waals surface area contributed by atoms with Gasteiger partial charge >= 0.3 is 0 Å². The smallest absolute Gasteiger partial charge is 0.191 e. The van der Waals surface area contributed by atoms with Crippen LogP contribution < -0.4 is 10.6 Å². The lowest BCUT2D eigenvalue weighted by Crippen LogP contribution is -2.51. The van der Waals surface area contributed by atoms with Crippen molar-refractivity contribution >= 4 is 35.0 Å². The van der Waals surface area contributed by atoms with E-state index in [1.54, 1.807) is 0 Å². The van der Waals surface area contributed by atoms with Gasteiger partial charge in [-0.05, 0) is 42.7 Å². The lowest BCUT2D eigenvalue weighted by atomic mass is 10.2. The third kappa shape index (κ3) is 5.00. The van der Waals surface area contributed by atoms with Crippen molar-refractivity contribution in [2.75, 3.05) is 49.6 Å². The van der Waals surface area contributed by atoms with Gasteiger partial charge in [-0.15, -0.1) is 0 Å². The van der Waals surface area contributed by atoms with Crippen LogP contribution in [0.1, 0.15) is 6.42 Å². The molecule has 1 aromatic carbocycles. The van der Waals surface area contributed by atoms with E-state index in [0.29, 0.717) is 5.96 Å². The van der Waals surface area contributed by atoms with E-state index in [1.807, 2.05) is 23.9 Å². The molecule has 6 heteroatoms. The van der Waals surface area contributed by atoms with E-state index in [9.17, 15) is 0 Å². The molecule has 0 saturated carbocycles. The highest BCUT2D eigenvalue weighted by molar-refractivity contribution is 7.98. The van der Waals surface area contributed by atoms with Gasteiger partial charge in [0, 0.05) is 43.4 Å². The van der Waals surface area contributed by atoms with Crippen molar-refractivity contribution in [2.24, 2.45) is 10.7 Å². The zero-order valence-electron chi connectivity index (χ0n) is 12.5. The number of guanidine groups is 1. The van der Waals surface area contributed by atoms with Crippen molar-refractivity contribution < 1.29 is 0 Å². The van der Waals surface area contributed by atoms with E-state index in [-0.39, 0.29) is 0 Å². The Balaban J connectivity index is 1.81. The SMILES string of the molecule is CSCCCN=C(N)N1CCN(c2ccc(Cl)cc2)CC1. The number of halogens is 1. The fourth-order valence-electron chi connectivity index (χ4n) is 2.35. The number of nitrogens with two attached hydrogens (primary N) is 1. The van der Waals surface area contributed by atoms with Crippen LogP contribution in [-0.4, -0.2) is 55.6 Å². The molecule has 1 saturated heterocycles. The number of piperazine rings is 1. The second-order valence-corrected chi connectivity index (χ2v) is 6.46. The second kappa shape index (κ2) is 8.39. The average Bonchev–Trinajstić information content (AvgIpc) is 2.52. The molecule has 0 spiro atoms. The van der Waals surface area contributed by atoms with Crippen LogP contribution in [0.4, 0.5) is 5.69 Å². The van der Waals surface area contributed by atoms with Crippen LogP contribution in [0.2, 0.25) is 5.02 Å². The van der Waals surface area contributed by atoms with Gasteiger partial charge < -0.3 is 15.5 Å². The molecule has 0 amide bonds. The molecule has 4 nitrogen and oxygen atoms in total. The summed E-state index contributed by atoms with van der Waals surface area (Å²) in [6.07, 6.45) is 3.20. The van der Waals surface area contributed by atoms with E-state index in [1.165, 1.54) is 5.69 Å². The predicted molar refractivity (Wildman–Crippen MR) is 94.7 cm³/mol. The van der Waals surface area contributed by atoms with Crippen molar-refractivity contribution in [2.45, 2.75) is 6.42 Å². The molecule has 116 valence electrons. The number of nitrogens with zero attached hydrogens (tertiary/aromatic N) is 3. The molecule has 2 rings (SSSR count). The Morgan fingerprint density at radius 1 is 1.24 bits per heavy atom. The molecule has 0 unspecified atom stereocenters. The molecule has 0 bridgehead atoms. The molecular weight excluding hydrogens is 304 g/mol. The largest absolute Gasteiger partial charge is 0.370 e. The molecule has 2 N–H and O–H groups in total. The maximum Gasteiger partial charge on any atom is 0.191 e. The first-order valence-electron chi connectivity index (χ1n) is 7.25. The minimum absolute atomic E-state index is 0.687. The van der Waals surface area contributed by atoms with Gasteiger partial charge in [0.25, 0.3) is 0 Å². The first-order chi connectivity index (χ1) is 10.2. The van der Waals surface area contributed by atoms with E-state index < -0.39 is 0 Å². The highest BCUT2D eigenvalue weighted by Gasteiger charge is 2.18. The molecule has 0 aliphatic carbocycles. The molecule has 0 aromatic heterocycles. The quantitative estimate of drug-likeness (QED) is 0.513. The summed E-state index contributed by atoms with van der Waals surface area (Å²) in [6.45, 7) is 4.58. The van der Waals surface area contributed by atoms with Crippen LogP contribution in [-0.2, 0) is 0 Å². The molecule has 0 radical (unpaired) electrons. The zero-order chi connectivity index (χ0) is 15.1. The van der Waals surface area contributed by atoms with Crippen LogP contribution in [0.25, 0.3) is 0 Å². The van der Waals surface area contributed by atoms with E-state index in [2.05, 4.69) is 33.2 Å². The van der Waals surface area contributed by atoms with Gasteiger partial charge in [-0.1, -0.05) is 11.6 Å². The van der Waals surface area contributed by atoms with Gasteiger partial charge in [-0.25, -0.2) is 0 Å². The van der Waals surface area contributed by atoms with Crippen LogP contribution in [0.3, 0.4) is 0 Å². The Hall–Kier alpha value is -1.07. The summed E-state index contributed by atoms with van der Waals surface area (Å²) in [5, 5.41) is 0.777. The topological polar surface area (TPSA) is 44.9 Å². The summed E-state index contributed by atoms with van der Waals surface area (Å²) in [4.78, 5) is 8.99. The Morgan fingerprint density at radius 3 is 2.52 bits per heavy atom. The molecule has 1 fully saturated rings. The minimum Gasteiger partial charge on any atom is -0.370 e.